The van der Waals surface area contributed by atoms with Crippen molar-refractivity contribution < 1.29 is 0 Å². The van der Waals surface area contributed by atoms with Crippen LogP contribution in [-0.4, -0.2) is 14.5 Å². The summed E-state index contributed by atoms with van der Waals surface area (Å²) >= 11 is 7.98. The number of pyridine rings is 1. The van der Waals surface area contributed by atoms with Crippen LogP contribution in [0, 0.1) is 11.8 Å². The van der Waals surface area contributed by atoms with E-state index in [1.165, 1.54) is 35.9 Å². The van der Waals surface area contributed by atoms with Crippen molar-refractivity contribution in [3.63, 3.8) is 0 Å². The number of alkyl halides is 1. The van der Waals surface area contributed by atoms with Gasteiger partial charge in [0.15, 0.2) is 0 Å². The highest BCUT2D eigenvalue weighted by Crippen LogP contribution is 2.52. The lowest BCUT2D eigenvalue weighted by Crippen LogP contribution is -2.18. The molecular weight excluding hydrogens is 302 g/mol. The second-order valence-corrected chi connectivity index (χ2v) is 7.58. The number of aromatic nitrogens is 3. The number of halogens is 1. The zero-order valence-electron chi connectivity index (χ0n) is 11.6. The van der Waals surface area contributed by atoms with Crippen LogP contribution in [0.5, 0.6) is 0 Å². The molecule has 2 aliphatic rings. The molecule has 2 bridgehead atoms. The predicted octanol–water partition coefficient (Wildman–Crippen LogP) is 4.75. The molecule has 2 unspecified atom stereocenters. The monoisotopic (exact) mass is 317 g/mol. The molecule has 5 heteroatoms. The van der Waals surface area contributed by atoms with Gasteiger partial charge in [-0.1, -0.05) is 6.42 Å². The number of rotatable bonds is 2. The summed E-state index contributed by atoms with van der Waals surface area (Å²) in [4.78, 5) is 9.29. The van der Waals surface area contributed by atoms with Crippen LogP contribution >= 0.6 is 22.9 Å². The summed E-state index contributed by atoms with van der Waals surface area (Å²) < 4.78 is 3.73. The van der Waals surface area contributed by atoms with Crippen molar-refractivity contribution in [2.45, 2.75) is 37.6 Å². The molecule has 0 aliphatic heterocycles. The van der Waals surface area contributed by atoms with Gasteiger partial charge in [-0.25, -0.2) is 4.98 Å². The van der Waals surface area contributed by atoms with Crippen molar-refractivity contribution in [1.29, 1.82) is 0 Å². The van der Waals surface area contributed by atoms with E-state index >= 15 is 0 Å². The molecule has 21 heavy (non-hydrogen) atoms. The van der Waals surface area contributed by atoms with Crippen LogP contribution in [0.1, 0.15) is 37.5 Å². The number of hydrogen-bond acceptors (Lipinski definition) is 3. The third kappa shape index (κ3) is 1.66. The molecule has 0 spiro atoms. The molecule has 0 aromatic carbocycles. The van der Waals surface area contributed by atoms with Gasteiger partial charge in [-0.2, -0.15) is 0 Å². The maximum absolute atomic E-state index is 6.21. The highest BCUT2D eigenvalue weighted by molar-refractivity contribution is 7.18. The van der Waals surface area contributed by atoms with Crippen LogP contribution in [0.2, 0.25) is 0 Å². The first kappa shape index (κ1) is 12.4. The maximum Gasteiger partial charge on any atom is 0.125 e. The van der Waals surface area contributed by atoms with E-state index in [4.69, 9.17) is 16.6 Å². The second kappa shape index (κ2) is 4.43. The highest BCUT2D eigenvalue weighted by atomic mass is 35.5. The van der Waals surface area contributed by atoms with Crippen molar-refractivity contribution in [2.75, 3.05) is 0 Å². The summed E-state index contributed by atoms with van der Waals surface area (Å²) in [5.74, 6) is 3.24. The molecule has 0 N–H and O–H groups in total. The van der Waals surface area contributed by atoms with Gasteiger partial charge in [-0.15, -0.1) is 22.9 Å². The summed E-state index contributed by atoms with van der Waals surface area (Å²) in [5, 5.41) is 2.12. The number of nitrogens with zero attached hydrogens (tertiary/aromatic N) is 3. The van der Waals surface area contributed by atoms with Gasteiger partial charge in [0.1, 0.15) is 11.3 Å². The van der Waals surface area contributed by atoms with E-state index in [9.17, 15) is 0 Å². The highest BCUT2D eigenvalue weighted by Gasteiger charge is 2.41. The third-order valence-electron chi connectivity index (χ3n) is 5.35. The smallest absolute Gasteiger partial charge is 0.125 e. The van der Waals surface area contributed by atoms with Gasteiger partial charge >= 0.3 is 0 Å². The molecule has 0 radical (unpaired) electrons. The van der Waals surface area contributed by atoms with Gasteiger partial charge in [0, 0.05) is 6.04 Å². The van der Waals surface area contributed by atoms with E-state index in [-0.39, 0.29) is 0 Å². The minimum absolute atomic E-state index is 0.482. The summed E-state index contributed by atoms with van der Waals surface area (Å²) in [6.45, 7) is 0. The molecule has 0 amide bonds. The molecule has 2 aliphatic carbocycles. The standard InChI is InChI=1S/C16H16ClN3S/c17-7-14-19-12-8-18-11-3-4-21-16(11)15(12)20(14)13-6-9-1-2-10(13)5-9/h3-4,8-10,13H,1-2,5-7H2/t9?,10?,13-/m0/s1. The lowest BCUT2D eigenvalue weighted by molar-refractivity contribution is 0.331. The Labute approximate surface area is 132 Å². The Morgan fingerprint density at radius 3 is 3.00 bits per heavy atom. The van der Waals surface area contributed by atoms with Crippen molar-refractivity contribution in [1.82, 2.24) is 14.5 Å². The molecule has 2 saturated carbocycles. The van der Waals surface area contributed by atoms with Crippen molar-refractivity contribution in [3.8, 4) is 0 Å². The average Bonchev–Trinajstić information content (AvgIpc) is 3.26. The molecule has 3 atom stereocenters. The van der Waals surface area contributed by atoms with E-state index in [0.29, 0.717) is 11.9 Å². The van der Waals surface area contributed by atoms with Gasteiger partial charge in [0.25, 0.3) is 0 Å². The first-order valence-corrected chi connectivity index (χ1v) is 9.05. The van der Waals surface area contributed by atoms with Crippen LogP contribution < -0.4 is 0 Å². The fourth-order valence-electron chi connectivity index (χ4n) is 4.50. The zero-order valence-corrected chi connectivity index (χ0v) is 13.2. The molecule has 0 saturated heterocycles. The minimum Gasteiger partial charge on any atom is -0.322 e. The molecule has 5 rings (SSSR count). The van der Waals surface area contributed by atoms with Crippen molar-refractivity contribution in [3.05, 3.63) is 23.5 Å². The fourth-order valence-corrected chi connectivity index (χ4v) is 5.58. The first-order chi connectivity index (χ1) is 10.3. The fraction of sp³-hybridized carbons (Fsp3) is 0.500. The van der Waals surface area contributed by atoms with Gasteiger partial charge < -0.3 is 4.57 Å². The summed E-state index contributed by atoms with van der Waals surface area (Å²) in [6, 6.07) is 2.69. The van der Waals surface area contributed by atoms with E-state index in [1.807, 2.05) is 6.20 Å². The Balaban J connectivity index is 1.81. The molecule has 3 aromatic rings. The van der Waals surface area contributed by atoms with E-state index in [1.54, 1.807) is 11.3 Å². The number of hydrogen-bond donors (Lipinski definition) is 0. The van der Waals surface area contributed by atoms with Crippen LogP contribution in [-0.2, 0) is 5.88 Å². The quantitative estimate of drug-likeness (QED) is 0.639. The summed E-state index contributed by atoms with van der Waals surface area (Å²) in [6.07, 6.45) is 7.39. The number of thiophene rings is 1. The Bertz CT molecular complexity index is 837. The van der Waals surface area contributed by atoms with E-state index in [0.717, 1.165) is 28.7 Å². The zero-order chi connectivity index (χ0) is 14.0. The molecule has 108 valence electrons. The summed E-state index contributed by atoms with van der Waals surface area (Å²) in [7, 11) is 0. The second-order valence-electron chi connectivity index (χ2n) is 6.40. The number of fused-ring (bicyclic) bond motifs is 5. The summed E-state index contributed by atoms with van der Waals surface area (Å²) in [5.41, 5.74) is 3.35. The van der Waals surface area contributed by atoms with Crippen LogP contribution in [0.3, 0.4) is 0 Å². The van der Waals surface area contributed by atoms with Crippen LogP contribution in [0.15, 0.2) is 17.6 Å². The van der Waals surface area contributed by atoms with Crippen LogP contribution in [0.4, 0.5) is 0 Å². The first-order valence-electron chi connectivity index (χ1n) is 7.64. The molecule has 3 heterocycles. The largest absolute Gasteiger partial charge is 0.322 e. The predicted molar refractivity (Wildman–Crippen MR) is 87.0 cm³/mol. The van der Waals surface area contributed by atoms with E-state index in [2.05, 4.69) is 21.0 Å². The SMILES string of the molecule is ClCc1nc2cnc3ccsc3c2n1[C@H]1CC2CCC1C2. The Kier molecular flexibility index (Phi) is 2.62. The third-order valence-corrected chi connectivity index (χ3v) is 6.50. The van der Waals surface area contributed by atoms with Gasteiger partial charge in [0.05, 0.1) is 27.8 Å². The van der Waals surface area contributed by atoms with E-state index < -0.39 is 0 Å². The lowest BCUT2D eigenvalue weighted by Gasteiger charge is -2.25. The van der Waals surface area contributed by atoms with Gasteiger partial charge in [-0.3, -0.25) is 4.98 Å². The van der Waals surface area contributed by atoms with Gasteiger partial charge in [0.2, 0.25) is 0 Å². The molecule has 2 fully saturated rings. The molecule has 3 aromatic heterocycles. The number of imidazole rings is 1. The Morgan fingerprint density at radius 2 is 2.24 bits per heavy atom. The average molecular weight is 318 g/mol. The Hall–Kier alpha value is -1.13. The Morgan fingerprint density at radius 1 is 1.29 bits per heavy atom. The normalized spacial score (nSPS) is 28.1. The van der Waals surface area contributed by atoms with Crippen molar-refractivity contribution >= 4 is 44.2 Å². The lowest BCUT2D eigenvalue weighted by atomic mass is 9.95. The van der Waals surface area contributed by atoms with Gasteiger partial charge in [-0.05, 0) is 42.5 Å². The van der Waals surface area contributed by atoms with Crippen molar-refractivity contribution in [2.24, 2.45) is 11.8 Å². The molecular formula is C16H16ClN3S. The minimum atomic E-state index is 0.482. The maximum atomic E-state index is 6.21. The molecule has 3 nitrogen and oxygen atoms in total. The topological polar surface area (TPSA) is 30.7 Å². The van der Waals surface area contributed by atoms with Crippen LogP contribution in [0.25, 0.3) is 21.3 Å².